The zero-order chi connectivity index (χ0) is 42.2. The van der Waals surface area contributed by atoms with E-state index < -0.39 is 0 Å². The third kappa shape index (κ3) is 5.08. The lowest BCUT2D eigenvalue weighted by atomic mass is 9.81. The molecular weight excluding hydrogens is 767 g/mol. The van der Waals surface area contributed by atoms with Gasteiger partial charge in [-0.1, -0.05) is 161 Å². The van der Waals surface area contributed by atoms with Crippen molar-refractivity contribution in [2.24, 2.45) is 0 Å². The first-order valence-corrected chi connectivity index (χ1v) is 22.0. The fraction of sp³-hybridized carbons (Fsp3) is 0.100. The van der Waals surface area contributed by atoms with E-state index >= 15 is 0 Å². The summed E-state index contributed by atoms with van der Waals surface area (Å²) < 4.78 is 13.8. The number of rotatable bonds is 5. The molecule has 0 bridgehead atoms. The fourth-order valence-electron chi connectivity index (χ4n) is 11.2. The summed E-state index contributed by atoms with van der Waals surface area (Å²) in [6.07, 6.45) is 0. The van der Waals surface area contributed by atoms with Gasteiger partial charge in [-0.05, 0) is 110 Å². The van der Waals surface area contributed by atoms with Crippen molar-refractivity contribution in [3.63, 3.8) is 0 Å². The molecule has 0 aliphatic heterocycles. The molecule has 3 heteroatoms. The summed E-state index contributed by atoms with van der Waals surface area (Å²) in [4.78, 5) is 2.43. The Morgan fingerprint density at radius 2 is 0.937 bits per heavy atom. The molecule has 2 heterocycles. The lowest BCUT2D eigenvalue weighted by Crippen LogP contribution is -2.16. The quantitative estimate of drug-likeness (QED) is 0.173. The van der Waals surface area contributed by atoms with Crippen molar-refractivity contribution in [2.45, 2.75) is 38.5 Å². The molecule has 13 rings (SSSR count). The molecule has 2 aromatic heterocycles. The van der Waals surface area contributed by atoms with Crippen molar-refractivity contribution in [2.75, 3.05) is 4.90 Å². The van der Waals surface area contributed by atoms with Gasteiger partial charge in [0.25, 0.3) is 0 Å². The summed E-state index contributed by atoms with van der Waals surface area (Å²) in [6.45, 7) is 9.39. The molecule has 0 fully saturated rings. The summed E-state index contributed by atoms with van der Waals surface area (Å²) in [5.74, 6) is 0. The first-order valence-electron chi connectivity index (χ1n) is 22.0. The summed E-state index contributed by atoms with van der Waals surface area (Å²) >= 11 is 0. The van der Waals surface area contributed by atoms with Gasteiger partial charge in [0.05, 0.1) is 5.69 Å². The molecule has 0 saturated heterocycles. The molecule has 0 atom stereocenters. The maximum atomic E-state index is 7.10. The van der Waals surface area contributed by atoms with E-state index in [9.17, 15) is 0 Å². The lowest BCUT2D eigenvalue weighted by molar-refractivity contribution is 0.660. The standard InChI is InChI=1S/C60H43NO2/c1-59(2)48-22-12-8-19-41(48)43-29-26-37(32-50(43)59)56-57-45-21-11-15-25-53(45)62-55(57)35-47-46-33-38(28-31-54(46)63-58(47)56)61(52-24-14-10-18-40(52)36-16-6-5-7-17-36)39-27-30-44-42-20-9-13-23-49(42)60(3,4)51(44)34-39/h5-35H,1-4H3. The molecule has 2 aliphatic rings. The lowest BCUT2D eigenvalue weighted by Gasteiger charge is -2.30. The van der Waals surface area contributed by atoms with E-state index in [1.54, 1.807) is 0 Å². The predicted octanol–water partition coefficient (Wildman–Crippen LogP) is 16.9. The molecule has 0 unspecified atom stereocenters. The predicted molar refractivity (Wildman–Crippen MR) is 262 cm³/mol. The van der Waals surface area contributed by atoms with Crippen molar-refractivity contribution in [1.29, 1.82) is 0 Å². The van der Waals surface area contributed by atoms with Gasteiger partial charge < -0.3 is 13.7 Å². The molecule has 0 spiro atoms. The smallest absolute Gasteiger partial charge is 0.144 e. The van der Waals surface area contributed by atoms with Crippen LogP contribution in [0.3, 0.4) is 0 Å². The van der Waals surface area contributed by atoms with Crippen LogP contribution in [0.4, 0.5) is 17.1 Å². The van der Waals surface area contributed by atoms with Gasteiger partial charge in [-0.2, -0.15) is 0 Å². The number of hydrogen-bond donors (Lipinski definition) is 0. The van der Waals surface area contributed by atoms with Gasteiger partial charge in [-0.15, -0.1) is 0 Å². The van der Waals surface area contributed by atoms with E-state index in [0.717, 1.165) is 77.6 Å². The zero-order valence-corrected chi connectivity index (χ0v) is 35.7. The van der Waals surface area contributed by atoms with Crippen LogP contribution in [0.25, 0.3) is 88.4 Å². The van der Waals surface area contributed by atoms with Gasteiger partial charge in [-0.25, -0.2) is 0 Å². The first kappa shape index (κ1) is 36.1. The second-order valence-corrected chi connectivity index (χ2v) is 18.4. The molecule has 0 radical (unpaired) electrons. The molecule has 63 heavy (non-hydrogen) atoms. The second-order valence-electron chi connectivity index (χ2n) is 18.4. The summed E-state index contributed by atoms with van der Waals surface area (Å²) in [6, 6.07) is 68.5. The van der Waals surface area contributed by atoms with Gasteiger partial charge in [0.15, 0.2) is 0 Å². The van der Waals surface area contributed by atoms with Crippen LogP contribution in [0.1, 0.15) is 49.9 Å². The molecule has 0 amide bonds. The normalized spacial score (nSPS) is 14.3. The number of para-hydroxylation sites is 2. The Balaban J connectivity index is 1.06. The Morgan fingerprint density at radius 1 is 0.365 bits per heavy atom. The Hall–Kier alpha value is -7.62. The van der Waals surface area contributed by atoms with Gasteiger partial charge in [-0.3, -0.25) is 0 Å². The minimum atomic E-state index is -0.152. The van der Waals surface area contributed by atoms with Crippen LogP contribution >= 0.6 is 0 Å². The second kappa shape index (κ2) is 13.0. The first-order chi connectivity index (χ1) is 30.8. The van der Waals surface area contributed by atoms with Crippen molar-refractivity contribution in [3.05, 3.63) is 210 Å². The van der Waals surface area contributed by atoms with Crippen LogP contribution in [0.15, 0.2) is 197 Å². The van der Waals surface area contributed by atoms with Crippen LogP contribution in [-0.4, -0.2) is 0 Å². The molecule has 0 N–H and O–H groups in total. The minimum Gasteiger partial charge on any atom is -0.456 e. The average molecular weight is 810 g/mol. The summed E-state index contributed by atoms with van der Waals surface area (Å²) in [5, 5.41) is 4.22. The number of hydrogen-bond acceptors (Lipinski definition) is 3. The van der Waals surface area contributed by atoms with Crippen LogP contribution < -0.4 is 4.90 Å². The van der Waals surface area contributed by atoms with Crippen molar-refractivity contribution in [3.8, 4) is 44.5 Å². The highest BCUT2D eigenvalue weighted by atomic mass is 16.3. The molecular formula is C60H43NO2. The minimum absolute atomic E-state index is 0.148. The molecule has 11 aromatic rings. The SMILES string of the molecule is CC1(C)c2ccccc2-c2ccc(-c3c4oc5ccc(N(c6ccc7c(c6)C(C)(C)c6ccccc6-7)c6ccccc6-c6ccccc6)cc5c4cc4oc5ccccc5c34)cc21. The highest BCUT2D eigenvalue weighted by Gasteiger charge is 2.37. The van der Waals surface area contributed by atoms with Gasteiger partial charge >= 0.3 is 0 Å². The maximum Gasteiger partial charge on any atom is 0.144 e. The molecule has 300 valence electrons. The number of nitrogens with zero attached hydrogens (tertiary/aromatic N) is 1. The Morgan fingerprint density at radius 3 is 1.70 bits per heavy atom. The molecule has 2 aliphatic carbocycles. The summed E-state index contributed by atoms with van der Waals surface area (Å²) in [7, 11) is 0. The van der Waals surface area contributed by atoms with E-state index in [1.807, 2.05) is 6.07 Å². The summed E-state index contributed by atoms with van der Waals surface area (Å²) in [5.41, 5.74) is 21.5. The monoisotopic (exact) mass is 809 g/mol. The number of anilines is 3. The molecule has 3 nitrogen and oxygen atoms in total. The average Bonchev–Trinajstić information content (AvgIpc) is 4.01. The van der Waals surface area contributed by atoms with Gasteiger partial charge in [0.2, 0.25) is 0 Å². The van der Waals surface area contributed by atoms with Gasteiger partial charge in [0, 0.05) is 54.9 Å². The topological polar surface area (TPSA) is 29.5 Å². The van der Waals surface area contributed by atoms with E-state index in [4.69, 9.17) is 8.83 Å². The van der Waals surface area contributed by atoms with E-state index in [1.165, 1.54) is 50.1 Å². The Labute approximate surface area is 366 Å². The highest BCUT2D eigenvalue weighted by molar-refractivity contribution is 6.24. The van der Waals surface area contributed by atoms with Gasteiger partial charge in [0.1, 0.15) is 22.3 Å². The Kier molecular flexibility index (Phi) is 7.42. The Bertz CT molecular complexity index is 3690. The number of benzene rings is 9. The van der Waals surface area contributed by atoms with Crippen LogP contribution in [0.5, 0.6) is 0 Å². The van der Waals surface area contributed by atoms with E-state index in [2.05, 4.69) is 215 Å². The van der Waals surface area contributed by atoms with Crippen molar-refractivity contribution in [1.82, 2.24) is 0 Å². The van der Waals surface area contributed by atoms with E-state index in [-0.39, 0.29) is 10.8 Å². The largest absolute Gasteiger partial charge is 0.456 e. The zero-order valence-electron chi connectivity index (χ0n) is 35.7. The van der Waals surface area contributed by atoms with Crippen LogP contribution in [-0.2, 0) is 10.8 Å². The number of furan rings is 2. The maximum absolute atomic E-state index is 7.10. The third-order valence-electron chi connectivity index (χ3n) is 14.3. The third-order valence-corrected chi connectivity index (χ3v) is 14.3. The van der Waals surface area contributed by atoms with E-state index in [0.29, 0.717) is 0 Å². The highest BCUT2D eigenvalue weighted by Crippen LogP contribution is 2.54. The van der Waals surface area contributed by atoms with Crippen molar-refractivity contribution >= 4 is 60.9 Å². The fourth-order valence-corrected chi connectivity index (χ4v) is 11.2. The molecule has 9 aromatic carbocycles. The van der Waals surface area contributed by atoms with Crippen LogP contribution in [0, 0.1) is 0 Å². The number of fused-ring (bicyclic) bond motifs is 12. The molecule has 0 saturated carbocycles. The van der Waals surface area contributed by atoms with Crippen molar-refractivity contribution < 1.29 is 8.83 Å². The van der Waals surface area contributed by atoms with Crippen LogP contribution in [0.2, 0.25) is 0 Å².